The highest BCUT2D eigenvalue weighted by Crippen LogP contribution is 2.40. The molecular formula is C10H16N4OS. The standard InChI is InChI=1S/C10H16N4OS/c1-5-3-6(5)4-14(2)10-7(9(12)15)8(11)13-16-10/h5-6H,3-4H2,1-2H3,(H2,11,13)(H2,12,15). The third-order valence-corrected chi connectivity index (χ3v) is 4.05. The van der Waals surface area contributed by atoms with Gasteiger partial charge in [-0.15, -0.1) is 0 Å². The smallest absolute Gasteiger partial charge is 0.255 e. The van der Waals surface area contributed by atoms with Crippen molar-refractivity contribution in [2.45, 2.75) is 13.3 Å². The van der Waals surface area contributed by atoms with Crippen molar-refractivity contribution in [3.05, 3.63) is 5.56 Å². The summed E-state index contributed by atoms with van der Waals surface area (Å²) in [5.41, 5.74) is 11.3. The first-order valence-corrected chi connectivity index (χ1v) is 6.04. The van der Waals surface area contributed by atoms with Gasteiger partial charge in [-0.2, -0.15) is 4.37 Å². The predicted octanol–water partition coefficient (Wildman–Crippen LogP) is 0.916. The molecule has 2 unspecified atom stereocenters. The van der Waals surface area contributed by atoms with Crippen molar-refractivity contribution < 1.29 is 4.79 Å². The molecule has 6 heteroatoms. The van der Waals surface area contributed by atoms with E-state index in [4.69, 9.17) is 11.5 Å². The summed E-state index contributed by atoms with van der Waals surface area (Å²) in [4.78, 5) is 13.3. The molecule has 0 aliphatic heterocycles. The minimum Gasteiger partial charge on any atom is -0.382 e. The Kier molecular flexibility index (Phi) is 2.75. The topological polar surface area (TPSA) is 85.2 Å². The van der Waals surface area contributed by atoms with Crippen LogP contribution in [0.1, 0.15) is 23.7 Å². The number of carbonyl (C=O) groups excluding carboxylic acids is 1. The van der Waals surface area contributed by atoms with E-state index in [1.54, 1.807) is 0 Å². The lowest BCUT2D eigenvalue weighted by molar-refractivity contribution is 0.100. The van der Waals surface area contributed by atoms with Gasteiger partial charge >= 0.3 is 0 Å². The van der Waals surface area contributed by atoms with Crippen LogP contribution in [0.15, 0.2) is 0 Å². The van der Waals surface area contributed by atoms with Crippen LogP contribution in [0.3, 0.4) is 0 Å². The van der Waals surface area contributed by atoms with Crippen molar-refractivity contribution in [3.63, 3.8) is 0 Å². The number of carbonyl (C=O) groups is 1. The van der Waals surface area contributed by atoms with Crippen molar-refractivity contribution in [2.75, 3.05) is 24.2 Å². The quantitative estimate of drug-likeness (QED) is 0.819. The number of rotatable bonds is 4. The van der Waals surface area contributed by atoms with E-state index in [0.717, 1.165) is 17.5 Å². The lowest BCUT2D eigenvalue weighted by atomic mass is 10.2. The highest BCUT2D eigenvalue weighted by molar-refractivity contribution is 7.11. The number of primary amides is 1. The molecule has 5 nitrogen and oxygen atoms in total. The Bertz CT molecular complexity index is 417. The number of nitrogen functional groups attached to an aromatic ring is 1. The van der Waals surface area contributed by atoms with Gasteiger partial charge in [-0.3, -0.25) is 4.79 Å². The molecule has 1 aliphatic carbocycles. The van der Waals surface area contributed by atoms with Gasteiger partial charge in [-0.05, 0) is 29.8 Å². The SMILES string of the molecule is CC1CC1CN(C)c1snc(N)c1C(N)=O. The molecule has 1 saturated carbocycles. The van der Waals surface area contributed by atoms with Gasteiger partial charge in [0.25, 0.3) is 5.91 Å². The molecule has 1 fully saturated rings. The molecular weight excluding hydrogens is 224 g/mol. The Morgan fingerprint density at radius 1 is 1.69 bits per heavy atom. The second-order valence-electron chi connectivity index (χ2n) is 4.47. The monoisotopic (exact) mass is 240 g/mol. The van der Waals surface area contributed by atoms with Crippen LogP contribution >= 0.6 is 11.5 Å². The van der Waals surface area contributed by atoms with Crippen LogP contribution < -0.4 is 16.4 Å². The van der Waals surface area contributed by atoms with E-state index < -0.39 is 5.91 Å². The summed E-state index contributed by atoms with van der Waals surface area (Å²) in [5.74, 6) is 1.24. The first-order valence-electron chi connectivity index (χ1n) is 5.26. The van der Waals surface area contributed by atoms with Gasteiger partial charge < -0.3 is 16.4 Å². The van der Waals surface area contributed by atoms with Crippen LogP contribution in [-0.4, -0.2) is 23.9 Å². The summed E-state index contributed by atoms with van der Waals surface area (Å²) in [5, 5.41) is 0.782. The van der Waals surface area contributed by atoms with Crippen LogP contribution in [-0.2, 0) is 0 Å². The molecule has 1 heterocycles. The van der Waals surface area contributed by atoms with Crippen LogP contribution in [0.25, 0.3) is 0 Å². The van der Waals surface area contributed by atoms with E-state index in [1.807, 2.05) is 11.9 Å². The summed E-state index contributed by atoms with van der Waals surface area (Å²) in [6.45, 7) is 3.16. The van der Waals surface area contributed by atoms with Gasteiger partial charge in [0.1, 0.15) is 10.6 Å². The zero-order chi connectivity index (χ0) is 11.9. The number of hydrogen-bond donors (Lipinski definition) is 2. The van der Waals surface area contributed by atoms with Crippen LogP contribution in [0.5, 0.6) is 0 Å². The fourth-order valence-electron chi connectivity index (χ4n) is 1.87. The lowest BCUT2D eigenvalue weighted by Gasteiger charge is -2.17. The first kappa shape index (κ1) is 11.2. The fourth-order valence-corrected chi connectivity index (χ4v) is 2.66. The molecule has 88 valence electrons. The van der Waals surface area contributed by atoms with Gasteiger partial charge in [0.2, 0.25) is 0 Å². The van der Waals surface area contributed by atoms with E-state index >= 15 is 0 Å². The van der Waals surface area contributed by atoms with E-state index in [-0.39, 0.29) is 5.82 Å². The molecule has 1 aliphatic rings. The zero-order valence-electron chi connectivity index (χ0n) is 9.43. The highest BCUT2D eigenvalue weighted by atomic mass is 32.1. The third-order valence-electron chi connectivity index (χ3n) is 3.08. The number of hydrogen-bond acceptors (Lipinski definition) is 5. The fraction of sp³-hybridized carbons (Fsp3) is 0.600. The van der Waals surface area contributed by atoms with E-state index in [9.17, 15) is 4.79 Å². The summed E-state index contributed by atoms with van der Waals surface area (Å²) in [6, 6.07) is 0. The minimum absolute atomic E-state index is 0.239. The first-order chi connectivity index (χ1) is 7.50. The normalized spacial score (nSPS) is 23.1. The average molecular weight is 240 g/mol. The average Bonchev–Trinajstić information content (AvgIpc) is 2.74. The predicted molar refractivity (Wildman–Crippen MR) is 65.6 cm³/mol. The number of aromatic nitrogens is 1. The van der Waals surface area contributed by atoms with Crippen molar-refractivity contribution >= 4 is 28.3 Å². The van der Waals surface area contributed by atoms with Gasteiger partial charge in [0, 0.05) is 13.6 Å². The number of amides is 1. The molecule has 1 amide bonds. The zero-order valence-corrected chi connectivity index (χ0v) is 10.3. The Morgan fingerprint density at radius 2 is 2.31 bits per heavy atom. The summed E-state index contributed by atoms with van der Waals surface area (Å²) in [7, 11) is 1.95. The summed E-state index contributed by atoms with van der Waals surface area (Å²) in [6.07, 6.45) is 1.25. The molecule has 2 atom stereocenters. The van der Waals surface area contributed by atoms with Crippen molar-refractivity contribution in [1.29, 1.82) is 0 Å². The largest absolute Gasteiger partial charge is 0.382 e. The van der Waals surface area contributed by atoms with E-state index in [1.165, 1.54) is 18.0 Å². The summed E-state index contributed by atoms with van der Waals surface area (Å²) < 4.78 is 3.98. The maximum atomic E-state index is 11.3. The van der Waals surface area contributed by atoms with Gasteiger partial charge in [0.15, 0.2) is 5.82 Å². The van der Waals surface area contributed by atoms with Crippen LogP contribution in [0.2, 0.25) is 0 Å². The molecule has 4 N–H and O–H groups in total. The van der Waals surface area contributed by atoms with Crippen molar-refractivity contribution in [3.8, 4) is 0 Å². The molecule has 1 aromatic rings. The van der Waals surface area contributed by atoms with Crippen LogP contribution in [0.4, 0.5) is 10.8 Å². The maximum Gasteiger partial charge on any atom is 0.255 e. The minimum atomic E-state index is -0.503. The molecule has 2 rings (SSSR count). The van der Waals surface area contributed by atoms with Crippen LogP contribution in [0, 0.1) is 11.8 Å². The Balaban J connectivity index is 2.16. The van der Waals surface area contributed by atoms with E-state index in [2.05, 4.69) is 11.3 Å². The molecule has 16 heavy (non-hydrogen) atoms. The van der Waals surface area contributed by atoms with Crippen molar-refractivity contribution in [2.24, 2.45) is 17.6 Å². The Hall–Kier alpha value is -1.30. The number of nitrogens with zero attached hydrogens (tertiary/aromatic N) is 2. The summed E-state index contributed by atoms with van der Waals surface area (Å²) >= 11 is 1.23. The molecule has 0 radical (unpaired) electrons. The molecule has 0 spiro atoms. The Labute approximate surface area is 98.6 Å². The second-order valence-corrected chi connectivity index (χ2v) is 5.22. The van der Waals surface area contributed by atoms with Crippen molar-refractivity contribution in [1.82, 2.24) is 4.37 Å². The molecule has 0 aromatic carbocycles. The molecule has 1 aromatic heterocycles. The molecule has 0 saturated heterocycles. The second kappa shape index (κ2) is 3.93. The number of nitrogens with two attached hydrogens (primary N) is 2. The lowest BCUT2D eigenvalue weighted by Crippen LogP contribution is -2.23. The highest BCUT2D eigenvalue weighted by Gasteiger charge is 2.34. The van der Waals surface area contributed by atoms with Gasteiger partial charge in [0.05, 0.1) is 0 Å². The molecule has 0 bridgehead atoms. The maximum absolute atomic E-state index is 11.3. The van der Waals surface area contributed by atoms with Gasteiger partial charge in [-0.1, -0.05) is 6.92 Å². The number of anilines is 2. The Morgan fingerprint density at radius 3 is 2.81 bits per heavy atom. The third kappa shape index (κ3) is 1.97. The van der Waals surface area contributed by atoms with Gasteiger partial charge in [-0.25, -0.2) is 0 Å². The van der Waals surface area contributed by atoms with E-state index in [0.29, 0.717) is 11.5 Å².